The molecule has 0 spiro atoms. The van der Waals surface area contributed by atoms with E-state index in [1.807, 2.05) is 0 Å². The van der Waals surface area contributed by atoms with Crippen LogP contribution >= 0.6 is 0 Å². The Morgan fingerprint density at radius 2 is 1.62 bits per heavy atom. The predicted molar refractivity (Wildman–Crippen MR) is 100 cm³/mol. The van der Waals surface area contributed by atoms with Gasteiger partial charge in [-0.3, -0.25) is 24.1 Å². The molecule has 0 saturated carbocycles. The molecule has 1 aromatic carbocycles. The smallest absolute Gasteiger partial charge is 0.276 e. The first-order chi connectivity index (χ1) is 14.0. The molecule has 1 fully saturated rings. The van der Waals surface area contributed by atoms with Gasteiger partial charge in [-0.05, 0) is 25.5 Å². The summed E-state index contributed by atoms with van der Waals surface area (Å²) < 4.78 is 4.96. The second-order valence-corrected chi connectivity index (χ2v) is 7.09. The number of carbonyl (C=O) groups is 4. The number of aromatic nitrogens is 1. The van der Waals surface area contributed by atoms with Crippen LogP contribution in [0.5, 0.6) is 0 Å². The maximum absolute atomic E-state index is 12.7. The lowest BCUT2D eigenvalue weighted by Gasteiger charge is -2.23. The molecular formula is C20H20N4O5. The Bertz CT molecular complexity index is 963. The number of nitrogens with zero attached hydrogens (tertiary/aromatic N) is 4. The van der Waals surface area contributed by atoms with Gasteiger partial charge in [0.1, 0.15) is 12.3 Å². The molecule has 1 aromatic heterocycles. The molecule has 0 atom stereocenters. The Balaban J connectivity index is 1.39. The fourth-order valence-corrected chi connectivity index (χ4v) is 3.62. The van der Waals surface area contributed by atoms with Crippen molar-refractivity contribution in [2.24, 2.45) is 0 Å². The number of carbonyl (C=O) groups excluding carboxylic acids is 4. The van der Waals surface area contributed by atoms with Gasteiger partial charge in [-0.25, -0.2) is 0 Å². The van der Waals surface area contributed by atoms with Crippen LogP contribution in [-0.2, 0) is 4.79 Å². The van der Waals surface area contributed by atoms with Crippen molar-refractivity contribution >= 4 is 23.6 Å². The fraction of sp³-hybridized carbons (Fsp3) is 0.350. The van der Waals surface area contributed by atoms with Gasteiger partial charge in [-0.2, -0.15) is 0 Å². The molecule has 0 unspecified atom stereocenters. The summed E-state index contributed by atoms with van der Waals surface area (Å²) in [5, 5.41) is 3.75. The summed E-state index contributed by atoms with van der Waals surface area (Å²) in [5.41, 5.74) is 0.884. The maximum Gasteiger partial charge on any atom is 0.276 e. The van der Waals surface area contributed by atoms with Gasteiger partial charge >= 0.3 is 0 Å². The van der Waals surface area contributed by atoms with E-state index in [9.17, 15) is 19.2 Å². The van der Waals surface area contributed by atoms with Crippen LogP contribution in [0.2, 0.25) is 0 Å². The van der Waals surface area contributed by atoms with E-state index < -0.39 is 11.8 Å². The van der Waals surface area contributed by atoms with Crippen molar-refractivity contribution < 1.29 is 23.7 Å². The summed E-state index contributed by atoms with van der Waals surface area (Å²) in [6.45, 7) is 3.02. The number of benzene rings is 1. The van der Waals surface area contributed by atoms with Crippen molar-refractivity contribution in [2.45, 2.75) is 13.3 Å². The Kier molecular flexibility index (Phi) is 4.87. The highest BCUT2D eigenvalue weighted by Gasteiger charge is 2.37. The van der Waals surface area contributed by atoms with E-state index >= 15 is 0 Å². The van der Waals surface area contributed by atoms with Gasteiger partial charge in [0.05, 0.1) is 11.1 Å². The molecule has 0 aliphatic carbocycles. The third-order valence-electron chi connectivity index (χ3n) is 5.15. The summed E-state index contributed by atoms with van der Waals surface area (Å²) in [4.78, 5) is 54.4. The highest BCUT2D eigenvalue weighted by Crippen LogP contribution is 2.22. The van der Waals surface area contributed by atoms with Gasteiger partial charge in [-0.15, -0.1) is 0 Å². The van der Waals surface area contributed by atoms with Crippen LogP contribution in [0.4, 0.5) is 0 Å². The van der Waals surface area contributed by atoms with Gasteiger partial charge < -0.3 is 14.3 Å². The summed E-state index contributed by atoms with van der Waals surface area (Å²) in [6.07, 6.45) is 0.594. The number of fused-ring (bicyclic) bond motifs is 1. The van der Waals surface area contributed by atoms with Gasteiger partial charge in [0.25, 0.3) is 17.7 Å². The van der Waals surface area contributed by atoms with Gasteiger partial charge in [-0.1, -0.05) is 17.3 Å². The van der Waals surface area contributed by atoms with E-state index in [2.05, 4.69) is 5.16 Å². The van der Waals surface area contributed by atoms with Crippen LogP contribution in [0.15, 0.2) is 34.9 Å². The van der Waals surface area contributed by atoms with E-state index in [4.69, 9.17) is 4.52 Å². The van der Waals surface area contributed by atoms with Crippen LogP contribution in [0.1, 0.15) is 43.4 Å². The molecule has 0 N–H and O–H groups in total. The lowest BCUT2D eigenvalue weighted by Crippen LogP contribution is -2.44. The Morgan fingerprint density at radius 1 is 1.00 bits per heavy atom. The van der Waals surface area contributed by atoms with Crippen molar-refractivity contribution in [3.8, 4) is 0 Å². The second kappa shape index (κ2) is 7.50. The standard InChI is InChI=1S/C20H20N4O5/c1-13-11-16(21-29-13)20(28)23-8-4-7-22(9-10-23)17(25)12-24-18(26)14-5-2-3-6-15(14)19(24)27/h2-3,5-6,11H,4,7-10,12H2,1H3. The quantitative estimate of drug-likeness (QED) is 0.716. The van der Waals surface area contributed by atoms with Crippen LogP contribution < -0.4 is 0 Å². The third kappa shape index (κ3) is 3.51. The van der Waals surface area contributed by atoms with Crippen LogP contribution in [0.3, 0.4) is 0 Å². The van der Waals surface area contributed by atoms with Crippen molar-refractivity contribution in [1.29, 1.82) is 0 Å². The van der Waals surface area contributed by atoms with E-state index in [0.717, 1.165) is 4.90 Å². The molecule has 0 radical (unpaired) electrons. The molecule has 4 amide bonds. The molecule has 1 saturated heterocycles. The van der Waals surface area contributed by atoms with Gasteiger partial charge in [0.2, 0.25) is 5.91 Å². The molecule has 150 valence electrons. The fourth-order valence-electron chi connectivity index (χ4n) is 3.62. The molecule has 0 bridgehead atoms. The van der Waals surface area contributed by atoms with E-state index in [1.54, 1.807) is 47.1 Å². The Hall–Kier alpha value is -3.49. The van der Waals surface area contributed by atoms with Gasteiger partial charge in [0.15, 0.2) is 5.69 Å². The summed E-state index contributed by atoms with van der Waals surface area (Å²) in [5.74, 6) is -0.901. The predicted octanol–water partition coefficient (Wildman–Crippen LogP) is 0.954. The number of rotatable bonds is 3. The highest BCUT2D eigenvalue weighted by atomic mass is 16.5. The molecule has 2 aromatic rings. The van der Waals surface area contributed by atoms with Crippen LogP contribution in [0, 0.1) is 6.92 Å². The first-order valence-corrected chi connectivity index (χ1v) is 9.41. The lowest BCUT2D eigenvalue weighted by molar-refractivity contribution is -0.131. The molecular weight excluding hydrogens is 376 g/mol. The minimum Gasteiger partial charge on any atom is -0.361 e. The minimum absolute atomic E-state index is 0.239. The van der Waals surface area contributed by atoms with Crippen LogP contribution in [-0.4, -0.2) is 76.2 Å². The lowest BCUT2D eigenvalue weighted by atomic mass is 10.1. The zero-order valence-corrected chi connectivity index (χ0v) is 16.0. The summed E-state index contributed by atoms with van der Waals surface area (Å²) >= 11 is 0. The van der Waals surface area contributed by atoms with Crippen LogP contribution in [0.25, 0.3) is 0 Å². The molecule has 3 heterocycles. The number of amides is 4. The van der Waals surface area contributed by atoms with Crippen molar-refractivity contribution in [1.82, 2.24) is 19.9 Å². The van der Waals surface area contributed by atoms with E-state index in [1.165, 1.54) is 0 Å². The third-order valence-corrected chi connectivity index (χ3v) is 5.15. The molecule has 2 aliphatic heterocycles. The zero-order valence-electron chi connectivity index (χ0n) is 16.0. The SMILES string of the molecule is Cc1cc(C(=O)N2CCCN(C(=O)CN3C(=O)c4ccccc4C3=O)CC2)no1. The average Bonchev–Trinajstić information content (AvgIpc) is 3.13. The van der Waals surface area contributed by atoms with Crippen molar-refractivity contribution in [3.63, 3.8) is 0 Å². The molecule has 9 nitrogen and oxygen atoms in total. The number of imide groups is 1. The number of hydrogen-bond donors (Lipinski definition) is 0. The van der Waals surface area contributed by atoms with E-state index in [-0.39, 0.29) is 24.1 Å². The first kappa shape index (κ1) is 18.9. The van der Waals surface area contributed by atoms with E-state index in [0.29, 0.717) is 49.5 Å². The van der Waals surface area contributed by atoms with Crippen molar-refractivity contribution in [3.05, 3.63) is 52.9 Å². The maximum atomic E-state index is 12.7. The monoisotopic (exact) mass is 396 g/mol. The van der Waals surface area contributed by atoms with Gasteiger partial charge in [0, 0.05) is 32.2 Å². The molecule has 29 heavy (non-hydrogen) atoms. The molecule has 4 rings (SSSR count). The highest BCUT2D eigenvalue weighted by molar-refractivity contribution is 6.22. The second-order valence-electron chi connectivity index (χ2n) is 7.09. The molecule has 9 heteroatoms. The first-order valence-electron chi connectivity index (χ1n) is 9.41. The zero-order chi connectivity index (χ0) is 20.5. The Labute approximate surface area is 166 Å². The number of aryl methyl sites for hydroxylation is 1. The van der Waals surface area contributed by atoms with Crippen molar-refractivity contribution in [2.75, 3.05) is 32.7 Å². The average molecular weight is 396 g/mol. The minimum atomic E-state index is -0.452. The molecule has 2 aliphatic rings. The largest absolute Gasteiger partial charge is 0.361 e. The normalized spacial score (nSPS) is 16.8. The Morgan fingerprint density at radius 3 is 2.24 bits per heavy atom. The summed E-state index contributed by atoms with van der Waals surface area (Å²) in [6, 6.07) is 8.12. The topological polar surface area (TPSA) is 104 Å². The number of hydrogen-bond acceptors (Lipinski definition) is 6. The summed E-state index contributed by atoms with van der Waals surface area (Å²) in [7, 11) is 0.